The molecule has 0 radical (unpaired) electrons. The van der Waals surface area contributed by atoms with Gasteiger partial charge in [0, 0.05) is 31.6 Å². The van der Waals surface area contributed by atoms with E-state index in [1.54, 1.807) is 0 Å². The van der Waals surface area contributed by atoms with Crippen molar-refractivity contribution in [3.63, 3.8) is 0 Å². The maximum Gasteiger partial charge on any atom is 0.254 e. The molecule has 1 aromatic heterocycles. The highest BCUT2D eigenvalue weighted by Crippen LogP contribution is 2.20. The number of rotatable bonds is 2. The van der Waals surface area contributed by atoms with Gasteiger partial charge in [0.25, 0.3) is 5.91 Å². The van der Waals surface area contributed by atoms with Gasteiger partial charge >= 0.3 is 0 Å². The van der Waals surface area contributed by atoms with Crippen molar-refractivity contribution >= 4 is 39.1 Å². The Labute approximate surface area is 125 Å². The van der Waals surface area contributed by atoms with Crippen LogP contribution in [0.1, 0.15) is 24.2 Å². The first-order chi connectivity index (χ1) is 8.89. The summed E-state index contributed by atoms with van der Waals surface area (Å²) in [5.41, 5.74) is 0.741. The molecule has 0 aliphatic carbocycles. The summed E-state index contributed by atoms with van der Waals surface area (Å²) in [6, 6.07) is 1.84. The molecule has 0 atom stereocenters. The molecular formula is C13H17BrN2O2S. The van der Waals surface area contributed by atoms with Crippen LogP contribution in [0.5, 0.6) is 0 Å². The van der Waals surface area contributed by atoms with Crippen LogP contribution in [0.2, 0.25) is 0 Å². The largest absolute Gasteiger partial charge is 0.338 e. The van der Waals surface area contributed by atoms with Gasteiger partial charge in [0.05, 0.1) is 9.89 Å². The van der Waals surface area contributed by atoms with Crippen molar-refractivity contribution in [1.82, 2.24) is 9.80 Å². The monoisotopic (exact) mass is 344 g/mol. The molecule has 2 rings (SSSR count). The van der Waals surface area contributed by atoms with E-state index in [0.29, 0.717) is 26.2 Å². The van der Waals surface area contributed by atoms with E-state index in [0.717, 1.165) is 5.56 Å². The van der Waals surface area contributed by atoms with Crippen LogP contribution >= 0.6 is 27.3 Å². The second-order valence-corrected chi connectivity index (χ2v) is 7.83. The SMILES string of the molecule is CC(C)(Br)C(=O)N1CCN(C(=O)c2ccsc2)CC1. The van der Waals surface area contributed by atoms with Crippen LogP contribution < -0.4 is 0 Å². The lowest BCUT2D eigenvalue weighted by Gasteiger charge is -2.37. The third-order valence-corrected chi connectivity index (χ3v) is 4.15. The molecule has 1 aliphatic heterocycles. The third kappa shape index (κ3) is 3.36. The molecule has 1 aliphatic rings. The highest BCUT2D eigenvalue weighted by molar-refractivity contribution is 9.10. The Morgan fingerprint density at radius 2 is 1.79 bits per heavy atom. The first kappa shape index (κ1) is 14.5. The lowest BCUT2D eigenvalue weighted by atomic mass is 10.1. The van der Waals surface area contributed by atoms with Crippen LogP contribution in [0.25, 0.3) is 0 Å². The normalized spacial score (nSPS) is 16.6. The van der Waals surface area contributed by atoms with Crippen LogP contribution in [0.15, 0.2) is 16.8 Å². The molecule has 1 fully saturated rings. The summed E-state index contributed by atoms with van der Waals surface area (Å²) in [5.74, 6) is 0.140. The average molecular weight is 345 g/mol. The Kier molecular flexibility index (Phi) is 4.30. The number of carbonyl (C=O) groups excluding carboxylic acids is 2. The smallest absolute Gasteiger partial charge is 0.254 e. The van der Waals surface area contributed by atoms with Crippen molar-refractivity contribution in [2.45, 2.75) is 18.2 Å². The van der Waals surface area contributed by atoms with Crippen molar-refractivity contribution in [1.29, 1.82) is 0 Å². The quantitative estimate of drug-likeness (QED) is 0.771. The van der Waals surface area contributed by atoms with Crippen molar-refractivity contribution in [2.75, 3.05) is 26.2 Å². The maximum atomic E-state index is 12.2. The molecule has 4 nitrogen and oxygen atoms in total. The molecule has 0 saturated carbocycles. The molecule has 19 heavy (non-hydrogen) atoms. The van der Waals surface area contributed by atoms with E-state index < -0.39 is 4.32 Å². The van der Waals surface area contributed by atoms with E-state index in [1.807, 2.05) is 40.5 Å². The number of hydrogen-bond donors (Lipinski definition) is 0. The Bertz CT molecular complexity index is 459. The summed E-state index contributed by atoms with van der Waals surface area (Å²) in [4.78, 5) is 27.9. The summed E-state index contributed by atoms with van der Waals surface area (Å²) in [6.45, 7) is 6.09. The van der Waals surface area contributed by atoms with Gasteiger partial charge < -0.3 is 9.80 Å². The van der Waals surface area contributed by atoms with Crippen molar-refractivity contribution in [3.05, 3.63) is 22.4 Å². The number of nitrogens with zero attached hydrogens (tertiary/aromatic N) is 2. The molecule has 0 unspecified atom stereocenters. The molecule has 1 saturated heterocycles. The van der Waals surface area contributed by atoms with E-state index in [2.05, 4.69) is 15.9 Å². The number of thiophene rings is 1. The van der Waals surface area contributed by atoms with E-state index in [-0.39, 0.29) is 11.8 Å². The standard InChI is InChI=1S/C13H17BrN2O2S/c1-13(2,14)12(18)16-6-4-15(5-7-16)11(17)10-3-8-19-9-10/h3,8-9H,4-7H2,1-2H3. The van der Waals surface area contributed by atoms with E-state index in [4.69, 9.17) is 0 Å². The van der Waals surface area contributed by atoms with Gasteiger partial charge in [0.15, 0.2) is 0 Å². The molecule has 0 spiro atoms. The van der Waals surface area contributed by atoms with Crippen molar-refractivity contribution in [3.8, 4) is 0 Å². The number of hydrogen-bond acceptors (Lipinski definition) is 3. The molecule has 0 aromatic carbocycles. The molecule has 2 amide bonds. The van der Waals surface area contributed by atoms with Crippen molar-refractivity contribution < 1.29 is 9.59 Å². The number of carbonyl (C=O) groups is 2. The zero-order chi connectivity index (χ0) is 14.0. The Balaban J connectivity index is 1.93. The zero-order valence-electron chi connectivity index (χ0n) is 11.1. The van der Waals surface area contributed by atoms with Crippen LogP contribution in [-0.4, -0.2) is 52.1 Å². The van der Waals surface area contributed by atoms with Gasteiger partial charge in [-0.2, -0.15) is 11.3 Å². The summed E-state index contributed by atoms with van der Waals surface area (Å²) in [7, 11) is 0. The van der Waals surface area contributed by atoms with Gasteiger partial charge in [-0.05, 0) is 25.3 Å². The van der Waals surface area contributed by atoms with E-state index in [9.17, 15) is 9.59 Å². The van der Waals surface area contributed by atoms with Gasteiger partial charge in [-0.15, -0.1) is 0 Å². The number of alkyl halides is 1. The molecule has 1 aromatic rings. The molecule has 2 heterocycles. The van der Waals surface area contributed by atoms with Gasteiger partial charge in [0.2, 0.25) is 5.91 Å². The first-order valence-corrected chi connectivity index (χ1v) is 7.93. The second-order valence-electron chi connectivity index (χ2n) is 5.07. The van der Waals surface area contributed by atoms with Crippen molar-refractivity contribution in [2.24, 2.45) is 0 Å². The fourth-order valence-electron chi connectivity index (χ4n) is 2.06. The number of halogens is 1. The van der Waals surface area contributed by atoms with Gasteiger partial charge in [0.1, 0.15) is 0 Å². The fraction of sp³-hybridized carbons (Fsp3) is 0.538. The van der Waals surface area contributed by atoms with E-state index in [1.165, 1.54) is 11.3 Å². The second kappa shape index (κ2) is 5.63. The summed E-state index contributed by atoms with van der Waals surface area (Å²) in [5, 5.41) is 3.77. The third-order valence-electron chi connectivity index (χ3n) is 3.13. The molecular weight excluding hydrogens is 328 g/mol. The Morgan fingerprint density at radius 3 is 2.26 bits per heavy atom. The minimum atomic E-state index is -0.535. The maximum absolute atomic E-state index is 12.2. The topological polar surface area (TPSA) is 40.6 Å². The first-order valence-electron chi connectivity index (χ1n) is 6.19. The number of amides is 2. The highest BCUT2D eigenvalue weighted by Gasteiger charge is 2.32. The average Bonchev–Trinajstić information content (AvgIpc) is 2.90. The van der Waals surface area contributed by atoms with Gasteiger partial charge in [-0.3, -0.25) is 9.59 Å². The summed E-state index contributed by atoms with van der Waals surface area (Å²) < 4.78 is -0.535. The minimum absolute atomic E-state index is 0.0615. The fourth-order valence-corrected chi connectivity index (χ4v) is 2.94. The Morgan fingerprint density at radius 1 is 1.21 bits per heavy atom. The predicted octanol–water partition coefficient (Wildman–Crippen LogP) is 2.21. The lowest BCUT2D eigenvalue weighted by Crippen LogP contribution is -2.53. The summed E-state index contributed by atoms with van der Waals surface area (Å²) >= 11 is 4.91. The van der Waals surface area contributed by atoms with Gasteiger partial charge in [-0.25, -0.2) is 0 Å². The minimum Gasteiger partial charge on any atom is -0.338 e. The lowest BCUT2D eigenvalue weighted by molar-refractivity contribution is -0.134. The van der Waals surface area contributed by atoms with Crippen LogP contribution in [0, 0.1) is 0 Å². The molecule has 104 valence electrons. The predicted molar refractivity (Wildman–Crippen MR) is 79.8 cm³/mol. The summed E-state index contributed by atoms with van der Waals surface area (Å²) in [6.07, 6.45) is 0. The molecule has 0 bridgehead atoms. The molecule has 0 N–H and O–H groups in total. The number of piperazine rings is 1. The van der Waals surface area contributed by atoms with Crippen LogP contribution in [0.3, 0.4) is 0 Å². The highest BCUT2D eigenvalue weighted by atomic mass is 79.9. The van der Waals surface area contributed by atoms with E-state index >= 15 is 0 Å². The molecule has 6 heteroatoms. The van der Waals surface area contributed by atoms with Crippen LogP contribution in [0.4, 0.5) is 0 Å². The van der Waals surface area contributed by atoms with Gasteiger partial charge in [-0.1, -0.05) is 15.9 Å². The van der Waals surface area contributed by atoms with Crippen LogP contribution in [-0.2, 0) is 4.79 Å². The Hall–Kier alpha value is -0.880. The zero-order valence-corrected chi connectivity index (χ0v) is 13.5.